The fourth-order valence-electron chi connectivity index (χ4n) is 1.25. The third-order valence-corrected chi connectivity index (χ3v) is 2.21. The molecule has 2 heteroatoms. The maximum atomic E-state index is 5.58. The SMILES string of the molecule is COCc1ccc(C(C)CN)cc1. The van der Waals surface area contributed by atoms with Crippen molar-refractivity contribution in [2.75, 3.05) is 13.7 Å². The van der Waals surface area contributed by atoms with Gasteiger partial charge in [-0.05, 0) is 23.6 Å². The number of hydrogen-bond donors (Lipinski definition) is 1. The summed E-state index contributed by atoms with van der Waals surface area (Å²) in [5, 5.41) is 0. The maximum Gasteiger partial charge on any atom is 0.0713 e. The minimum absolute atomic E-state index is 0.441. The highest BCUT2D eigenvalue weighted by Crippen LogP contribution is 2.14. The van der Waals surface area contributed by atoms with E-state index in [4.69, 9.17) is 10.5 Å². The van der Waals surface area contributed by atoms with Gasteiger partial charge in [0.05, 0.1) is 6.61 Å². The summed E-state index contributed by atoms with van der Waals surface area (Å²) in [6, 6.07) is 8.41. The van der Waals surface area contributed by atoms with Crippen LogP contribution in [0, 0.1) is 0 Å². The zero-order valence-electron chi connectivity index (χ0n) is 8.29. The number of methoxy groups -OCH3 is 1. The average Bonchev–Trinajstić information content (AvgIpc) is 2.18. The first-order chi connectivity index (χ1) is 6.27. The molecule has 0 saturated heterocycles. The fraction of sp³-hybridized carbons (Fsp3) is 0.455. The van der Waals surface area contributed by atoms with Crippen molar-refractivity contribution >= 4 is 0 Å². The first-order valence-corrected chi connectivity index (χ1v) is 4.55. The number of rotatable bonds is 4. The summed E-state index contributed by atoms with van der Waals surface area (Å²) in [4.78, 5) is 0. The van der Waals surface area contributed by atoms with E-state index in [0.29, 0.717) is 19.1 Å². The standard InChI is InChI=1S/C11H17NO/c1-9(7-12)11-5-3-10(4-6-11)8-13-2/h3-6,9H,7-8,12H2,1-2H3. The minimum Gasteiger partial charge on any atom is -0.380 e. The number of benzene rings is 1. The van der Waals surface area contributed by atoms with Crippen LogP contribution in [0.1, 0.15) is 24.0 Å². The van der Waals surface area contributed by atoms with Crippen LogP contribution in [-0.4, -0.2) is 13.7 Å². The Labute approximate surface area is 79.7 Å². The molecule has 0 aliphatic rings. The van der Waals surface area contributed by atoms with E-state index in [1.807, 2.05) is 0 Å². The highest BCUT2D eigenvalue weighted by molar-refractivity contribution is 5.24. The van der Waals surface area contributed by atoms with Crippen molar-refractivity contribution in [3.63, 3.8) is 0 Å². The summed E-state index contributed by atoms with van der Waals surface area (Å²) in [5.41, 5.74) is 8.07. The van der Waals surface area contributed by atoms with Gasteiger partial charge in [-0.1, -0.05) is 31.2 Å². The largest absolute Gasteiger partial charge is 0.380 e. The number of hydrogen-bond acceptors (Lipinski definition) is 2. The molecule has 0 aliphatic heterocycles. The van der Waals surface area contributed by atoms with Gasteiger partial charge in [-0.25, -0.2) is 0 Å². The van der Waals surface area contributed by atoms with Crippen molar-refractivity contribution in [1.82, 2.24) is 0 Å². The third-order valence-electron chi connectivity index (χ3n) is 2.21. The molecule has 1 unspecified atom stereocenters. The third kappa shape index (κ3) is 2.83. The summed E-state index contributed by atoms with van der Waals surface area (Å²) in [6.07, 6.45) is 0. The Morgan fingerprint density at radius 2 is 1.92 bits per heavy atom. The molecule has 0 amide bonds. The zero-order valence-corrected chi connectivity index (χ0v) is 8.29. The summed E-state index contributed by atoms with van der Waals surface area (Å²) in [7, 11) is 1.70. The topological polar surface area (TPSA) is 35.2 Å². The molecule has 0 heterocycles. The fourth-order valence-corrected chi connectivity index (χ4v) is 1.25. The first kappa shape index (κ1) is 10.2. The van der Waals surface area contributed by atoms with Crippen molar-refractivity contribution in [2.45, 2.75) is 19.4 Å². The van der Waals surface area contributed by atoms with Crippen LogP contribution in [-0.2, 0) is 11.3 Å². The summed E-state index contributed by atoms with van der Waals surface area (Å²) in [6.45, 7) is 3.51. The molecule has 1 aromatic rings. The Hall–Kier alpha value is -0.860. The molecular weight excluding hydrogens is 162 g/mol. The van der Waals surface area contributed by atoms with Crippen molar-refractivity contribution < 1.29 is 4.74 Å². The minimum atomic E-state index is 0.441. The lowest BCUT2D eigenvalue weighted by Gasteiger charge is -2.09. The molecule has 0 aliphatic carbocycles. The predicted octanol–water partition coefficient (Wildman–Crippen LogP) is 1.90. The Kier molecular flexibility index (Phi) is 3.93. The van der Waals surface area contributed by atoms with Gasteiger partial charge < -0.3 is 10.5 Å². The lowest BCUT2D eigenvalue weighted by atomic mass is 10.0. The van der Waals surface area contributed by atoms with E-state index in [2.05, 4.69) is 31.2 Å². The molecule has 2 nitrogen and oxygen atoms in total. The van der Waals surface area contributed by atoms with Gasteiger partial charge in [0.1, 0.15) is 0 Å². The quantitative estimate of drug-likeness (QED) is 0.766. The van der Waals surface area contributed by atoms with Gasteiger partial charge in [0, 0.05) is 7.11 Å². The number of nitrogens with two attached hydrogens (primary N) is 1. The Balaban J connectivity index is 2.69. The molecule has 1 atom stereocenters. The van der Waals surface area contributed by atoms with Crippen LogP contribution < -0.4 is 5.73 Å². The lowest BCUT2D eigenvalue weighted by molar-refractivity contribution is 0.185. The van der Waals surface area contributed by atoms with Crippen LogP contribution in [0.2, 0.25) is 0 Å². The predicted molar refractivity (Wildman–Crippen MR) is 54.6 cm³/mol. The second kappa shape index (κ2) is 5.00. The van der Waals surface area contributed by atoms with E-state index in [9.17, 15) is 0 Å². The average molecular weight is 179 g/mol. The van der Waals surface area contributed by atoms with E-state index in [-0.39, 0.29) is 0 Å². The van der Waals surface area contributed by atoms with Gasteiger partial charge in [0.2, 0.25) is 0 Å². The molecule has 1 rings (SSSR count). The van der Waals surface area contributed by atoms with Gasteiger partial charge in [-0.3, -0.25) is 0 Å². The molecule has 2 N–H and O–H groups in total. The van der Waals surface area contributed by atoms with E-state index < -0.39 is 0 Å². The molecule has 0 aromatic heterocycles. The highest BCUT2D eigenvalue weighted by Gasteiger charge is 2.01. The van der Waals surface area contributed by atoms with Crippen LogP contribution in [0.3, 0.4) is 0 Å². The van der Waals surface area contributed by atoms with Crippen LogP contribution >= 0.6 is 0 Å². The Morgan fingerprint density at radius 3 is 2.38 bits per heavy atom. The van der Waals surface area contributed by atoms with Gasteiger partial charge in [-0.15, -0.1) is 0 Å². The first-order valence-electron chi connectivity index (χ1n) is 4.55. The van der Waals surface area contributed by atoms with Gasteiger partial charge in [0.15, 0.2) is 0 Å². The Bertz CT molecular complexity index is 243. The van der Waals surface area contributed by atoms with Crippen molar-refractivity contribution in [1.29, 1.82) is 0 Å². The van der Waals surface area contributed by atoms with Gasteiger partial charge >= 0.3 is 0 Å². The molecule has 0 spiro atoms. The highest BCUT2D eigenvalue weighted by atomic mass is 16.5. The van der Waals surface area contributed by atoms with Crippen LogP contribution in [0.5, 0.6) is 0 Å². The molecule has 0 bridgehead atoms. The molecule has 72 valence electrons. The van der Waals surface area contributed by atoms with Gasteiger partial charge in [-0.2, -0.15) is 0 Å². The van der Waals surface area contributed by atoms with E-state index in [1.165, 1.54) is 11.1 Å². The van der Waals surface area contributed by atoms with Gasteiger partial charge in [0.25, 0.3) is 0 Å². The molecular formula is C11H17NO. The van der Waals surface area contributed by atoms with Crippen LogP contribution in [0.25, 0.3) is 0 Å². The summed E-state index contributed by atoms with van der Waals surface area (Å²) in [5.74, 6) is 0.441. The van der Waals surface area contributed by atoms with E-state index in [1.54, 1.807) is 7.11 Å². The second-order valence-corrected chi connectivity index (χ2v) is 3.31. The monoisotopic (exact) mass is 179 g/mol. The van der Waals surface area contributed by atoms with E-state index in [0.717, 1.165) is 0 Å². The Morgan fingerprint density at radius 1 is 1.31 bits per heavy atom. The van der Waals surface area contributed by atoms with E-state index >= 15 is 0 Å². The lowest BCUT2D eigenvalue weighted by Crippen LogP contribution is -2.08. The van der Waals surface area contributed by atoms with Crippen LogP contribution in [0.4, 0.5) is 0 Å². The number of ether oxygens (including phenoxy) is 1. The van der Waals surface area contributed by atoms with Crippen molar-refractivity contribution in [3.05, 3.63) is 35.4 Å². The molecule has 0 saturated carbocycles. The maximum absolute atomic E-state index is 5.58. The van der Waals surface area contributed by atoms with Crippen molar-refractivity contribution in [2.24, 2.45) is 5.73 Å². The van der Waals surface area contributed by atoms with Crippen LogP contribution in [0.15, 0.2) is 24.3 Å². The summed E-state index contributed by atoms with van der Waals surface area (Å²) < 4.78 is 5.03. The smallest absolute Gasteiger partial charge is 0.0713 e. The molecule has 1 aromatic carbocycles. The molecule has 0 fully saturated rings. The van der Waals surface area contributed by atoms with Crippen molar-refractivity contribution in [3.8, 4) is 0 Å². The summed E-state index contributed by atoms with van der Waals surface area (Å²) >= 11 is 0. The second-order valence-electron chi connectivity index (χ2n) is 3.31. The zero-order chi connectivity index (χ0) is 9.68. The molecule has 13 heavy (non-hydrogen) atoms. The molecule has 0 radical (unpaired) electrons. The normalized spacial score (nSPS) is 12.8.